The number of carbonyl (C=O) groups excluding carboxylic acids is 1. The quantitative estimate of drug-likeness (QED) is 0.863. The molecule has 0 radical (unpaired) electrons. The molecule has 0 aliphatic rings. The van der Waals surface area contributed by atoms with E-state index in [0.717, 1.165) is 18.4 Å². The monoisotopic (exact) mass is 308 g/mol. The molecule has 2 aromatic rings. The SMILES string of the molecule is CCCCN(CC#Cc1ccccc1)C(=O)c1cccc(=O)[nH]1. The third kappa shape index (κ3) is 5.15. The molecule has 4 heteroatoms. The number of hydrogen-bond donors (Lipinski definition) is 1. The molecule has 1 amide bonds. The van der Waals surface area contributed by atoms with Gasteiger partial charge in [-0.15, -0.1) is 0 Å². The van der Waals surface area contributed by atoms with Crippen molar-refractivity contribution >= 4 is 5.91 Å². The lowest BCUT2D eigenvalue weighted by Gasteiger charge is -2.19. The van der Waals surface area contributed by atoms with Gasteiger partial charge in [0.25, 0.3) is 5.91 Å². The van der Waals surface area contributed by atoms with Crippen LogP contribution in [0.15, 0.2) is 53.3 Å². The van der Waals surface area contributed by atoms with Crippen LogP contribution in [0.5, 0.6) is 0 Å². The van der Waals surface area contributed by atoms with Crippen molar-refractivity contribution in [3.05, 3.63) is 70.1 Å². The van der Waals surface area contributed by atoms with Gasteiger partial charge in [0.05, 0.1) is 6.54 Å². The molecule has 118 valence electrons. The zero-order valence-electron chi connectivity index (χ0n) is 13.2. The van der Waals surface area contributed by atoms with E-state index in [9.17, 15) is 9.59 Å². The number of H-pyrrole nitrogens is 1. The maximum Gasteiger partial charge on any atom is 0.271 e. The third-order valence-electron chi connectivity index (χ3n) is 3.34. The van der Waals surface area contributed by atoms with Crippen molar-refractivity contribution in [1.29, 1.82) is 0 Å². The van der Waals surface area contributed by atoms with Crippen molar-refractivity contribution in [3.63, 3.8) is 0 Å². The number of carbonyl (C=O) groups is 1. The Hall–Kier alpha value is -2.80. The molecule has 0 unspecified atom stereocenters. The van der Waals surface area contributed by atoms with E-state index in [-0.39, 0.29) is 11.5 Å². The van der Waals surface area contributed by atoms with Crippen LogP contribution in [0.3, 0.4) is 0 Å². The summed E-state index contributed by atoms with van der Waals surface area (Å²) >= 11 is 0. The molecular formula is C19H20N2O2. The smallest absolute Gasteiger partial charge is 0.271 e. The Labute approximate surface area is 136 Å². The first kappa shape index (κ1) is 16.6. The van der Waals surface area contributed by atoms with E-state index in [1.54, 1.807) is 17.0 Å². The van der Waals surface area contributed by atoms with Crippen LogP contribution in [-0.2, 0) is 0 Å². The minimum atomic E-state index is -0.276. The third-order valence-corrected chi connectivity index (χ3v) is 3.34. The molecule has 0 spiro atoms. The Kier molecular flexibility index (Phi) is 6.19. The summed E-state index contributed by atoms with van der Waals surface area (Å²) in [5.74, 6) is 5.90. The van der Waals surface area contributed by atoms with E-state index < -0.39 is 0 Å². The van der Waals surface area contributed by atoms with Gasteiger partial charge in [-0.25, -0.2) is 0 Å². The number of unbranched alkanes of at least 4 members (excludes halogenated alkanes) is 1. The highest BCUT2D eigenvalue weighted by Gasteiger charge is 2.14. The molecule has 23 heavy (non-hydrogen) atoms. The van der Waals surface area contributed by atoms with Gasteiger partial charge in [0.1, 0.15) is 5.69 Å². The molecule has 1 N–H and O–H groups in total. The lowest BCUT2D eigenvalue weighted by Crippen LogP contribution is -2.33. The molecule has 1 heterocycles. The topological polar surface area (TPSA) is 53.2 Å². The van der Waals surface area contributed by atoms with Crippen molar-refractivity contribution in [2.45, 2.75) is 19.8 Å². The molecule has 0 atom stereocenters. The standard InChI is InChI=1S/C19H20N2O2/c1-2-3-14-21(15-8-11-16-9-5-4-6-10-16)19(23)17-12-7-13-18(22)20-17/h4-7,9-10,12-13H,2-3,14-15H2,1H3,(H,20,22). The van der Waals surface area contributed by atoms with E-state index >= 15 is 0 Å². The molecule has 1 aromatic heterocycles. The van der Waals surface area contributed by atoms with Crippen molar-refractivity contribution < 1.29 is 4.79 Å². The molecule has 0 aliphatic heterocycles. The summed E-state index contributed by atoms with van der Waals surface area (Å²) in [6.45, 7) is 3.03. The number of hydrogen-bond acceptors (Lipinski definition) is 2. The Morgan fingerprint density at radius 3 is 2.61 bits per heavy atom. The Balaban J connectivity index is 2.12. The van der Waals surface area contributed by atoms with E-state index in [1.165, 1.54) is 6.07 Å². The fraction of sp³-hybridized carbons (Fsp3) is 0.263. The van der Waals surface area contributed by atoms with Crippen LogP contribution >= 0.6 is 0 Å². The fourth-order valence-corrected chi connectivity index (χ4v) is 2.10. The number of amides is 1. The van der Waals surface area contributed by atoms with E-state index in [4.69, 9.17) is 0 Å². The van der Waals surface area contributed by atoms with Crippen LogP contribution in [0.1, 0.15) is 35.8 Å². The second-order valence-corrected chi connectivity index (χ2v) is 5.18. The summed E-state index contributed by atoms with van der Waals surface area (Å²) in [5.41, 5.74) is 0.945. The first-order valence-electron chi connectivity index (χ1n) is 7.73. The van der Waals surface area contributed by atoms with Crippen molar-refractivity contribution in [1.82, 2.24) is 9.88 Å². The van der Waals surface area contributed by atoms with E-state index in [2.05, 4.69) is 23.7 Å². The van der Waals surface area contributed by atoms with Gasteiger partial charge in [0, 0.05) is 18.2 Å². The molecule has 0 bridgehead atoms. The molecule has 1 aromatic carbocycles. The molecule has 2 rings (SSSR count). The van der Waals surface area contributed by atoms with Gasteiger partial charge in [-0.05, 0) is 24.6 Å². The number of nitrogens with one attached hydrogen (secondary N) is 1. The maximum atomic E-state index is 12.5. The normalized spacial score (nSPS) is 9.78. The molecule has 0 fully saturated rings. The van der Waals surface area contributed by atoms with Crippen LogP contribution in [-0.4, -0.2) is 28.9 Å². The number of nitrogens with zero attached hydrogens (tertiary/aromatic N) is 1. The van der Waals surface area contributed by atoms with Crippen molar-refractivity contribution in [2.24, 2.45) is 0 Å². The van der Waals surface area contributed by atoms with Gasteiger partial charge in [-0.1, -0.05) is 49.5 Å². The van der Waals surface area contributed by atoms with Gasteiger partial charge < -0.3 is 9.88 Å². The summed E-state index contributed by atoms with van der Waals surface area (Å²) in [6.07, 6.45) is 1.89. The van der Waals surface area contributed by atoms with Gasteiger partial charge in [-0.2, -0.15) is 0 Å². The van der Waals surface area contributed by atoms with Crippen molar-refractivity contribution in [3.8, 4) is 11.8 Å². The van der Waals surface area contributed by atoms with Crippen molar-refractivity contribution in [2.75, 3.05) is 13.1 Å². The Morgan fingerprint density at radius 1 is 1.13 bits per heavy atom. The summed E-state index contributed by atoms with van der Waals surface area (Å²) < 4.78 is 0. The van der Waals surface area contributed by atoms with E-state index in [1.807, 2.05) is 30.3 Å². The lowest BCUT2D eigenvalue weighted by molar-refractivity contribution is 0.0768. The zero-order chi connectivity index (χ0) is 16.5. The van der Waals surface area contributed by atoms with Crippen LogP contribution < -0.4 is 5.56 Å². The molecule has 0 aliphatic carbocycles. The van der Waals surface area contributed by atoms with Crippen LogP contribution in [0.2, 0.25) is 0 Å². The lowest BCUT2D eigenvalue weighted by atomic mass is 10.2. The van der Waals surface area contributed by atoms with E-state index in [0.29, 0.717) is 18.8 Å². The van der Waals surface area contributed by atoms with Gasteiger partial charge in [-0.3, -0.25) is 9.59 Å². The van der Waals surface area contributed by atoms with Crippen LogP contribution in [0, 0.1) is 11.8 Å². The highest BCUT2D eigenvalue weighted by molar-refractivity contribution is 5.92. The average molecular weight is 308 g/mol. The highest BCUT2D eigenvalue weighted by Crippen LogP contribution is 2.03. The molecule has 0 saturated heterocycles. The van der Waals surface area contributed by atoms with Gasteiger partial charge in [0.15, 0.2) is 0 Å². The molecular weight excluding hydrogens is 288 g/mol. The second kappa shape index (κ2) is 8.60. The zero-order valence-corrected chi connectivity index (χ0v) is 13.2. The number of benzene rings is 1. The summed E-state index contributed by atoms with van der Waals surface area (Å²) in [5, 5.41) is 0. The maximum absolute atomic E-state index is 12.5. The van der Waals surface area contributed by atoms with Gasteiger partial charge in [0.2, 0.25) is 5.56 Å². The fourth-order valence-electron chi connectivity index (χ4n) is 2.10. The minimum Gasteiger partial charge on any atom is -0.326 e. The van der Waals surface area contributed by atoms with Crippen LogP contribution in [0.4, 0.5) is 0 Å². The Morgan fingerprint density at radius 2 is 1.91 bits per heavy atom. The minimum absolute atomic E-state index is 0.196. The first-order valence-corrected chi connectivity index (χ1v) is 7.73. The predicted molar refractivity (Wildman–Crippen MR) is 91.2 cm³/mol. The second-order valence-electron chi connectivity index (χ2n) is 5.18. The number of pyridine rings is 1. The van der Waals surface area contributed by atoms with Crippen LogP contribution in [0.25, 0.3) is 0 Å². The summed E-state index contributed by atoms with van der Waals surface area (Å²) in [6, 6.07) is 14.3. The van der Waals surface area contributed by atoms with Gasteiger partial charge >= 0.3 is 0 Å². The first-order chi connectivity index (χ1) is 11.2. The number of rotatable bonds is 5. The average Bonchev–Trinajstić information content (AvgIpc) is 2.58. The highest BCUT2D eigenvalue weighted by atomic mass is 16.2. The predicted octanol–water partition coefficient (Wildman–Crippen LogP) is 2.67. The number of aromatic amines is 1. The Bertz CT molecular complexity index is 754. The number of aromatic nitrogens is 1. The molecule has 0 saturated carbocycles. The largest absolute Gasteiger partial charge is 0.326 e. The summed E-state index contributed by atoms with van der Waals surface area (Å²) in [7, 11) is 0. The molecule has 4 nitrogen and oxygen atoms in total. The summed E-state index contributed by atoms with van der Waals surface area (Å²) in [4.78, 5) is 28.2.